The first kappa shape index (κ1) is 32.0. The normalized spacial score (nSPS) is 21.2. The maximum Gasteiger partial charge on any atom is 0.288 e. The molecule has 1 N–H and O–H groups in total. The van der Waals surface area contributed by atoms with Gasteiger partial charge < -0.3 is 29.0 Å². The van der Waals surface area contributed by atoms with Crippen molar-refractivity contribution in [2.75, 3.05) is 46.7 Å². The van der Waals surface area contributed by atoms with E-state index in [0.29, 0.717) is 38.4 Å². The van der Waals surface area contributed by atoms with Crippen LogP contribution in [-0.4, -0.2) is 84.3 Å². The fourth-order valence-corrected chi connectivity index (χ4v) is 6.15. The van der Waals surface area contributed by atoms with Crippen LogP contribution in [0.1, 0.15) is 62.6 Å². The molecule has 10 heteroatoms. The number of hydrogen-bond donors (Lipinski definition) is 1. The third kappa shape index (κ3) is 7.34. The number of aliphatic hydroxyl groups excluding tert-OH is 1. The summed E-state index contributed by atoms with van der Waals surface area (Å²) in [5.74, 6) is -0.635. The minimum Gasteiger partial charge on any atom is -0.459 e. The third-order valence-electron chi connectivity index (χ3n) is 8.50. The smallest absolute Gasteiger partial charge is 0.288 e. The van der Waals surface area contributed by atoms with Gasteiger partial charge in [-0.05, 0) is 51.3 Å². The van der Waals surface area contributed by atoms with Crippen LogP contribution < -0.4 is 5.56 Å². The Bertz CT molecular complexity index is 1230. The zero-order valence-electron chi connectivity index (χ0n) is 25.5. The van der Waals surface area contributed by atoms with E-state index in [1.54, 1.807) is 9.58 Å². The molecule has 1 saturated carbocycles. The van der Waals surface area contributed by atoms with Gasteiger partial charge in [0, 0.05) is 56.4 Å². The molecule has 2 heterocycles. The van der Waals surface area contributed by atoms with E-state index in [1.807, 2.05) is 69.0 Å². The minimum absolute atomic E-state index is 0.0304. The van der Waals surface area contributed by atoms with Gasteiger partial charge >= 0.3 is 0 Å². The fourth-order valence-electron chi connectivity index (χ4n) is 6.15. The number of aromatic nitrogens is 2. The Kier molecular flexibility index (Phi) is 11.8. The minimum atomic E-state index is -0.720. The molecule has 1 aromatic carbocycles. The highest BCUT2D eigenvalue weighted by Crippen LogP contribution is 2.40. The molecule has 0 radical (unpaired) electrons. The average molecular weight is 586 g/mol. The number of benzene rings is 1. The van der Waals surface area contributed by atoms with Crippen LogP contribution in [0.5, 0.6) is 0 Å². The number of rotatable bonds is 14. The summed E-state index contributed by atoms with van der Waals surface area (Å²) in [6.07, 6.45) is 7.05. The van der Waals surface area contributed by atoms with E-state index in [9.17, 15) is 9.59 Å². The number of hydrogen-bond acceptors (Lipinski definition) is 7. The number of ether oxygens (including phenoxy) is 4. The summed E-state index contributed by atoms with van der Waals surface area (Å²) in [5, 5.41) is 8.91. The lowest BCUT2D eigenvalue weighted by molar-refractivity contribution is -0.172. The lowest BCUT2D eigenvalue weighted by Gasteiger charge is -2.38. The fraction of sp³-hybridized carbons (Fsp3) is 0.625. The molecule has 10 nitrogen and oxygen atoms in total. The van der Waals surface area contributed by atoms with Crippen LogP contribution in [0, 0.1) is 12.8 Å². The largest absolute Gasteiger partial charge is 0.459 e. The van der Waals surface area contributed by atoms with Crippen molar-refractivity contribution in [1.29, 1.82) is 0 Å². The van der Waals surface area contributed by atoms with Crippen LogP contribution >= 0.6 is 0 Å². The van der Waals surface area contributed by atoms with Gasteiger partial charge in [-0.2, -0.15) is 0 Å². The van der Waals surface area contributed by atoms with Crippen molar-refractivity contribution >= 4 is 5.91 Å². The van der Waals surface area contributed by atoms with Crippen molar-refractivity contribution in [2.45, 2.75) is 70.6 Å². The molecule has 1 aliphatic carbocycles. The molecule has 1 fully saturated rings. The molecule has 1 aromatic heterocycles. The van der Waals surface area contributed by atoms with Crippen molar-refractivity contribution in [1.82, 2.24) is 14.3 Å². The van der Waals surface area contributed by atoms with E-state index < -0.39 is 12.2 Å². The zero-order valence-corrected chi connectivity index (χ0v) is 25.5. The predicted octanol–water partition coefficient (Wildman–Crippen LogP) is 3.67. The van der Waals surface area contributed by atoms with E-state index in [1.165, 1.54) is 6.42 Å². The topological polar surface area (TPSA) is 104 Å². The van der Waals surface area contributed by atoms with Crippen LogP contribution in [-0.2, 0) is 30.8 Å². The van der Waals surface area contributed by atoms with Gasteiger partial charge in [0.25, 0.3) is 11.5 Å². The summed E-state index contributed by atoms with van der Waals surface area (Å²) in [6, 6.07) is 9.73. The van der Waals surface area contributed by atoms with Gasteiger partial charge in [0.15, 0.2) is 5.76 Å². The van der Waals surface area contributed by atoms with Crippen LogP contribution in [0.3, 0.4) is 0 Å². The molecule has 0 saturated heterocycles. The highest BCUT2D eigenvalue weighted by atomic mass is 16.7. The first-order chi connectivity index (χ1) is 20.4. The maximum absolute atomic E-state index is 14.1. The molecule has 0 spiro atoms. The Morgan fingerprint density at radius 2 is 1.76 bits per heavy atom. The Hall–Kier alpha value is -2.92. The molecular weight excluding hydrogens is 538 g/mol. The van der Waals surface area contributed by atoms with Gasteiger partial charge in [-0.25, -0.2) is 4.68 Å². The van der Waals surface area contributed by atoms with Crippen LogP contribution in [0.4, 0.5) is 0 Å². The number of aliphatic hydroxyl groups is 1. The first-order valence-corrected chi connectivity index (χ1v) is 15.3. The van der Waals surface area contributed by atoms with Gasteiger partial charge in [-0.3, -0.25) is 14.3 Å². The molecule has 1 amide bonds. The summed E-state index contributed by atoms with van der Waals surface area (Å²) in [7, 11) is 3.73. The van der Waals surface area contributed by atoms with Crippen molar-refractivity contribution in [3.05, 3.63) is 63.8 Å². The summed E-state index contributed by atoms with van der Waals surface area (Å²) >= 11 is 0. The lowest BCUT2D eigenvalue weighted by atomic mass is 9.81. The Morgan fingerprint density at radius 1 is 1.07 bits per heavy atom. The van der Waals surface area contributed by atoms with Crippen molar-refractivity contribution < 1.29 is 28.8 Å². The number of allylic oxidation sites excluding steroid dienone is 1. The number of carbonyl (C=O) groups is 1. The molecule has 4 rings (SSSR count). The standard InChI is InChI=1S/C32H47N3O7/c1-5-41-32-26(16-18-39-20-21-40-19-17-36)27(22-28(42-32)30(37)33(3)24-12-8-6-9-13-24)29-23(2)34(4)35(31(29)38)25-14-10-7-11-15-25/h7,10-11,14-15,22,24,26-27,32,36H,5-6,8-9,12-13,16-21H2,1-4H3/t26-,27-,32+/m1/s1. The number of likely N-dealkylation sites (N-methyl/N-ethyl adjacent to an activating group) is 1. The van der Waals surface area contributed by atoms with E-state index in [-0.39, 0.29) is 42.4 Å². The zero-order chi connectivity index (χ0) is 30.1. The van der Waals surface area contributed by atoms with E-state index in [4.69, 9.17) is 24.1 Å². The number of para-hydroxylation sites is 1. The van der Waals surface area contributed by atoms with Gasteiger partial charge in [-0.15, -0.1) is 0 Å². The third-order valence-corrected chi connectivity index (χ3v) is 8.50. The molecule has 0 unspecified atom stereocenters. The second-order valence-electron chi connectivity index (χ2n) is 11.1. The molecule has 42 heavy (non-hydrogen) atoms. The Labute approximate surface area is 248 Å². The Balaban J connectivity index is 1.70. The molecule has 2 aromatic rings. The van der Waals surface area contributed by atoms with E-state index >= 15 is 0 Å². The molecule has 0 bridgehead atoms. The monoisotopic (exact) mass is 585 g/mol. The van der Waals surface area contributed by atoms with Crippen LogP contribution in [0.15, 0.2) is 47.0 Å². The van der Waals surface area contributed by atoms with Gasteiger partial charge in [0.2, 0.25) is 6.29 Å². The number of carbonyl (C=O) groups excluding carboxylic acids is 1. The molecular formula is C32H47N3O7. The SMILES string of the molecule is CCO[C@H]1OC(C(=O)N(C)C2CCCCC2)=C[C@@H](c2c(C)n(C)n(-c3ccccc3)c2=O)[C@H]1CCOCCOCCO. The van der Waals surface area contributed by atoms with Crippen molar-refractivity contribution in [2.24, 2.45) is 13.0 Å². The second kappa shape index (κ2) is 15.5. The molecule has 232 valence electrons. The molecule has 2 aliphatic rings. The van der Waals surface area contributed by atoms with Crippen LogP contribution in [0.25, 0.3) is 5.69 Å². The van der Waals surface area contributed by atoms with Gasteiger partial charge in [0.1, 0.15) is 0 Å². The van der Waals surface area contributed by atoms with Gasteiger partial charge in [-0.1, -0.05) is 37.5 Å². The van der Waals surface area contributed by atoms with E-state index in [2.05, 4.69) is 0 Å². The average Bonchev–Trinajstić information content (AvgIpc) is 3.24. The van der Waals surface area contributed by atoms with E-state index in [0.717, 1.165) is 37.1 Å². The summed E-state index contributed by atoms with van der Waals surface area (Å²) in [5.41, 5.74) is 2.08. The molecule has 3 atom stereocenters. The second-order valence-corrected chi connectivity index (χ2v) is 11.1. The summed E-state index contributed by atoms with van der Waals surface area (Å²) in [4.78, 5) is 29.7. The summed E-state index contributed by atoms with van der Waals surface area (Å²) < 4.78 is 27.1. The predicted molar refractivity (Wildman–Crippen MR) is 160 cm³/mol. The molecule has 1 aliphatic heterocycles. The highest BCUT2D eigenvalue weighted by molar-refractivity contribution is 5.92. The highest BCUT2D eigenvalue weighted by Gasteiger charge is 2.42. The first-order valence-electron chi connectivity index (χ1n) is 15.3. The summed E-state index contributed by atoms with van der Waals surface area (Å²) in [6.45, 7) is 5.63. The quantitative estimate of drug-likeness (QED) is 0.338. The van der Waals surface area contributed by atoms with Crippen molar-refractivity contribution in [3.8, 4) is 5.69 Å². The Morgan fingerprint density at radius 3 is 2.43 bits per heavy atom. The van der Waals surface area contributed by atoms with Crippen molar-refractivity contribution in [3.63, 3.8) is 0 Å². The number of nitrogens with zero attached hydrogens (tertiary/aromatic N) is 3. The maximum atomic E-state index is 14.1. The van der Waals surface area contributed by atoms with Gasteiger partial charge in [0.05, 0.1) is 32.1 Å². The lowest BCUT2D eigenvalue weighted by Crippen LogP contribution is -2.44. The van der Waals surface area contributed by atoms with Crippen LogP contribution in [0.2, 0.25) is 0 Å². The number of amides is 1.